The number of carbonyl (C=O) groups is 1. The van der Waals surface area contributed by atoms with Crippen LogP contribution in [0.2, 0.25) is 0 Å². The summed E-state index contributed by atoms with van der Waals surface area (Å²) < 4.78 is 0. The van der Waals surface area contributed by atoms with E-state index in [1.165, 1.54) is 0 Å². The highest BCUT2D eigenvalue weighted by molar-refractivity contribution is 6.06. The van der Waals surface area contributed by atoms with Gasteiger partial charge in [-0.05, 0) is 31.0 Å². The number of fused-ring (bicyclic) bond motifs is 1. The fourth-order valence-corrected chi connectivity index (χ4v) is 1.97. The van der Waals surface area contributed by atoms with E-state index >= 15 is 0 Å². The van der Waals surface area contributed by atoms with E-state index in [1.807, 2.05) is 37.3 Å². The van der Waals surface area contributed by atoms with Crippen molar-refractivity contribution >= 4 is 16.8 Å². The largest absolute Gasteiger partial charge is 0.352 e. The molecule has 3 N–H and O–H groups in total. The van der Waals surface area contributed by atoms with Crippen LogP contribution in [0, 0.1) is 0 Å². The van der Waals surface area contributed by atoms with Crippen LogP contribution in [0.15, 0.2) is 36.5 Å². The van der Waals surface area contributed by atoms with E-state index in [9.17, 15) is 4.79 Å². The Labute approximate surface area is 113 Å². The summed E-state index contributed by atoms with van der Waals surface area (Å²) in [6.07, 6.45) is 3.45. The summed E-state index contributed by atoms with van der Waals surface area (Å²) in [7, 11) is 0. The highest BCUT2D eigenvalue weighted by Crippen LogP contribution is 2.16. The monoisotopic (exact) mass is 257 g/mol. The van der Waals surface area contributed by atoms with Crippen molar-refractivity contribution in [3.05, 3.63) is 42.1 Å². The molecule has 0 radical (unpaired) electrons. The van der Waals surface area contributed by atoms with Crippen LogP contribution < -0.4 is 11.1 Å². The first-order valence-electron chi connectivity index (χ1n) is 6.60. The third-order valence-corrected chi connectivity index (χ3v) is 3.22. The van der Waals surface area contributed by atoms with Crippen molar-refractivity contribution in [1.29, 1.82) is 0 Å². The van der Waals surface area contributed by atoms with Gasteiger partial charge < -0.3 is 11.1 Å². The zero-order valence-electron chi connectivity index (χ0n) is 11.1. The lowest BCUT2D eigenvalue weighted by Crippen LogP contribution is -2.30. The van der Waals surface area contributed by atoms with Gasteiger partial charge in [-0.1, -0.05) is 19.1 Å². The van der Waals surface area contributed by atoms with E-state index in [-0.39, 0.29) is 11.9 Å². The predicted octanol–water partition coefficient (Wildman–Crippen LogP) is 2.09. The molecule has 0 aliphatic heterocycles. The van der Waals surface area contributed by atoms with Gasteiger partial charge in [0.2, 0.25) is 0 Å². The van der Waals surface area contributed by atoms with Gasteiger partial charge in [-0.15, -0.1) is 0 Å². The smallest absolute Gasteiger partial charge is 0.251 e. The molecule has 0 saturated carbocycles. The molecule has 0 spiro atoms. The summed E-state index contributed by atoms with van der Waals surface area (Å²) in [4.78, 5) is 16.4. The predicted molar refractivity (Wildman–Crippen MR) is 77.0 cm³/mol. The van der Waals surface area contributed by atoms with Crippen molar-refractivity contribution in [1.82, 2.24) is 10.3 Å². The van der Waals surface area contributed by atoms with E-state index in [2.05, 4.69) is 10.3 Å². The average Bonchev–Trinajstić information content (AvgIpc) is 2.46. The van der Waals surface area contributed by atoms with Gasteiger partial charge in [0.1, 0.15) is 0 Å². The van der Waals surface area contributed by atoms with Crippen LogP contribution in [0.1, 0.15) is 30.1 Å². The Balaban J connectivity index is 2.09. The number of nitrogens with two attached hydrogens (primary N) is 1. The molecule has 4 heteroatoms. The minimum atomic E-state index is -0.0677. The first kappa shape index (κ1) is 13.5. The third kappa shape index (κ3) is 3.29. The normalized spacial score (nSPS) is 12.3. The molecule has 0 saturated heterocycles. The molecule has 1 amide bonds. The molecule has 100 valence electrons. The molecule has 19 heavy (non-hydrogen) atoms. The molecule has 1 aromatic heterocycles. The van der Waals surface area contributed by atoms with Crippen molar-refractivity contribution in [3.63, 3.8) is 0 Å². The summed E-state index contributed by atoms with van der Waals surface area (Å²) in [6.45, 7) is 2.65. The number of amides is 1. The van der Waals surface area contributed by atoms with Crippen molar-refractivity contribution in [3.8, 4) is 0 Å². The molecule has 2 aromatic rings. The molecule has 1 heterocycles. The van der Waals surface area contributed by atoms with Gasteiger partial charge in [-0.25, -0.2) is 0 Å². The Morgan fingerprint density at radius 2 is 2.21 bits per heavy atom. The fraction of sp³-hybridized carbons (Fsp3) is 0.333. The third-order valence-electron chi connectivity index (χ3n) is 3.22. The zero-order chi connectivity index (χ0) is 13.7. The highest BCUT2D eigenvalue weighted by atomic mass is 16.1. The number of benzene rings is 1. The minimum absolute atomic E-state index is 0.0677. The minimum Gasteiger partial charge on any atom is -0.352 e. The van der Waals surface area contributed by atoms with Crippen molar-refractivity contribution in [2.45, 2.75) is 25.8 Å². The number of nitrogens with one attached hydrogen (secondary N) is 1. The molecule has 4 nitrogen and oxygen atoms in total. The molecule has 0 fully saturated rings. The van der Waals surface area contributed by atoms with E-state index < -0.39 is 0 Å². The lowest BCUT2D eigenvalue weighted by Gasteiger charge is -2.10. The number of aromatic nitrogens is 1. The van der Waals surface area contributed by atoms with Gasteiger partial charge in [0.15, 0.2) is 0 Å². The van der Waals surface area contributed by atoms with Gasteiger partial charge in [0.25, 0.3) is 5.91 Å². The van der Waals surface area contributed by atoms with Gasteiger partial charge >= 0.3 is 0 Å². The maximum atomic E-state index is 12.1. The zero-order valence-corrected chi connectivity index (χ0v) is 11.1. The van der Waals surface area contributed by atoms with Crippen LogP contribution in [0.4, 0.5) is 0 Å². The van der Waals surface area contributed by atoms with Gasteiger partial charge in [0.05, 0.1) is 5.52 Å². The van der Waals surface area contributed by atoms with Crippen LogP contribution in [0.5, 0.6) is 0 Å². The maximum absolute atomic E-state index is 12.1. The number of carbonyl (C=O) groups excluding carboxylic acids is 1. The summed E-state index contributed by atoms with van der Waals surface area (Å²) >= 11 is 0. The molecule has 1 atom stereocenters. The Morgan fingerprint density at radius 1 is 1.37 bits per heavy atom. The SMILES string of the molecule is CCC(N)CCNC(=O)c1cccc2ncccc12. The van der Waals surface area contributed by atoms with E-state index in [0.29, 0.717) is 12.1 Å². The number of hydrogen-bond donors (Lipinski definition) is 2. The number of rotatable bonds is 5. The molecule has 0 aliphatic rings. The highest BCUT2D eigenvalue weighted by Gasteiger charge is 2.09. The molecule has 1 unspecified atom stereocenters. The Morgan fingerprint density at radius 3 is 3.00 bits per heavy atom. The second kappa shape index (κ2) is 6.29. The van der Waals surface area contributed by atoms with Gasteiger partial charge in [-0.2, -0.15) is 0 Å². The first-order valence-corrected chi connectivity index (χ1v) is 6.60. The van der Waals surface area contributed by atoms with Gasteiger partial charge in [-0.3, -0.25) is 9.78 Å². The summed E-state index contributed by atoms with van der Waals surface area (Å²) in [5.74, 6) is -0.0677. The second-order valence-corrected chi connectivity index (χ2v) is 4.59. The number of hydrogen-bond acceptors (Lipinski definition) is 3. The summed E-state index contributed by atoms with van der Waals surface area (Å²) in [5, 5.41) is 3.79. The van der Waals surface area contributed by atoms with Crippen LogP contribution in [-0.4, -0.2) is 23.5 Å². The van der Waals surface area contributed by atoms with Gasteiger partial charge in [0, 0.05) is 29.7 Å². The van der Waals surface area contributed by atoms with Crippen LogP contribution in [0.3, 0.4) is 0 Å². The van der Waals surface area contributed by atoms with Crippen LogP contribution in [0.25, 0.3) is 10.9 Å². The lowest BCUT2D eigenvalue weighted by atomic mass is 10.1. The van der Waals surface area contributed by atoms with E-state index in [1.54, 1.807) is 6.20 Å². The molecule has 1 aromatic carbocycles. The molecule has 2 rings (SSSR count). The molecular weight excluding hydrogens is 238 g/mol. The average molecular weight is 257 g/mol. The number of pyridine rings is 1. The van der Waals surface area contributed by atoms with Crippen molar-refractivity contribution in [2.24, 2.45) is 5.73 Å². The van der Waals surface area contributed by atoms with Crippen molar-refractivity contribution < 1.29 is 4.79 Å². The quantitative estimate of drug-likeness (QED) is 0.861. The van der Waals surface area contributed by atoms with Crippen LogP contribution in [-0.2, 0) is 0 Å². The lowest BCUT2D eigenvalue weighted by molar-refractivity contribution is 0.0954. The molecular formula is C15H19N3O. The first-order chi connectivity index (χ1) is 9.22. The van der Waals surface area contributed by atoms with E-state index in [4.69, 9.17) is 5.73 Å². The topological polar surface area (TPSA) is 68.0 Å². The molecule has 0 aliphatic carbocycles. The summed E-state index contributed by atoms with van der Waals surface area (Å²) in [6, 6.07) is 9.47. The summed E-state index contributed by atoms with van der Waals surface area (Å²) in [5.41, 5.74) is 7.32. The Kier molecular flexibility index (Phi) is 4.47. The molecule has 0 bridgehead atoms. The van der Waals surface area contributed by atoms with Crippen LogP contribution >= 0.6 is 0 Å². The van der Waals surface area contributed by atoms with Crippen molar-refractivity contribution in [2.75, 3.05) is 6.54 Å². The Hall–Kier alpha value is -1.94. The second-order valence-electron chi connectivity index (χ2n) is 4.59. The fourth-order valence-electron chi connectivity index (χ4n) is 1.97. The number of nitrogens with zero attached hydrogens (tertiary/aromatic N) is 1. The maximum Gasteiger partial charge on any atom is 0.251 e. The standard InChI is InChI=1S/C15H19N3O/c1-2-11(16)8-10-18-15(19)13-5-3-7-14-12(13)6-4-9-17-14/h3-7,9,11H,2,8,10,16H2,1H3,(H,18,19). The van der Waals surface area contributed by atoms with E-state index in [0.717, 1.165) is 23.7 Å². The Bertz CT molecular complexity index is 563.